The number of amides is 1. The van der Waals surface area contributed by atoms with E-state index in [0.717, 1.165) is 28.6 Å². The quantitative estimate of drug-likeness (QED) is 0.107. The lowest BCUT2D eigenvalue weighted by Gasteiger charge is -2.13. The van der Waals surface area contributed by atoms with Crippen LogP contribution in [-0.2, 0) is 11.0 Å². The van der Waals surface area contributed by atoms with E-state index in [2.05, 4.69) is 31.3 Å². The number of carbonyl (C=O) groups is 1. The molecule has 1 amide bonds. The van der Waals surface area contributed by atoms with Gasteiger partial charge in [-0.15, -0.1) is 0 Å². The second-order valence-corrected chi connectivity index (χ2v) is 10.6. The van der Waals surface area contributed by atoms with E-state index in [4.69, 9.17) is 4.74 Å². The number of carbonyl (C=O) groups excluding carboxylic acids is 1. The molecule has 1 aromatic heterocycles. The van der Waals surface area contributed by atoms with Crippen LogP contribution in [0.15, 0.2) is 99.3 Å². The van der Waals surface area contributed by atoms with E-state index in [1.54, 1.807) is 36.4 Å². The predicted molar refractivity (Wildman–Crippen MR) is 166 cm³/mol. The summed E-state index contributed by atoms with van der Waals surface area (Å²) in [6, 6.07) is 20.0. The Labute approximate surface area is 261 Å². The number of nitro benzene ring substituents is 1. The molecule has 0 aliphatic rings. The van der Waals surface area contributed by atoms with Crippen LogP contribution in [-0.4, -0.2) is 33.3 Å². The number of hydrogen-bond donors (Lipinski definition) is 1. The van der Waals surface area contributed by atoms with Crippen molar-refractivity contribution in [3.8, 4) is 17.1 Å². The first-order valence-electron chi connectivity index (χ1n) is 13.1. The topological polar surface area (TPSA) is 129 Å². The van der Waals surface area contributed by atoms with Gasteiger partial charge in [-0.2, -0.15) is 22.9 Å². The highest BCUT2D eigenvalue weighted by Gasteiger charge is 2.31. The highest BCUT2D eigenvalue weighted by molar-refractivity contribution is 9.10. The third kappa shape index (κ3) is 7.07. The number of nitrogens with one attached hydrogen (secondary N) is 1. The third-order valence-corrected chi connectivity index (χ3v) is 6.91. The first kappa shape index (κ1) is 31.1. The average molecular weight is 680 g/mol. The van der Waals surface area contributed by atoms with Crippen LogP contribution in [0.3, 0.4) is 0 Å². The smallest absolute Gasteiger partial charge is 0.416 e. The van der Waals surface area contributed by atoms with Crippen LogP contribution in [0.2, 0.25) is 0 Å². The van der Waals surface area contributed by atoms with Gasteiger partial charge in [0.15, 0.2) is 12.4 Å². The third-order valence-electron chi connectivity index (χ3n) is 6.46. The van der Waals surface area contributed by atoms with Crippen LogP contribution in [0.25, 0.3) is 22.3 Å². The molecule has 0 radical (unpaired) electrons. The van der Waals surface area contributed by atoms with Crippen LogP contribution in [0.4, 0.5) is 24.5 Å². The summed E-state index contributed by atoms with van der Waals surface area (Å²) in [4.78, 5) is 41.8. The molecular formula is C31H21BrF3N5O5. The molecule has 0 saturated heterocycles. The molecule has 228 valence electrons. The molecule has 0 bridgehead atoms. The van der Waals surface area contributed by atoms with Crippen molar-refractivity contribution in [3.05, 3.63) is 127 Å². The van der Waals surface area contributed by atoms with E-state index in [1.807, 2.05) is 6.92 Å². The summed E-state index contributed by atoms with van der Waals surface area (Å²) in [5.74, 6) is -1.13. The maximum atomic E-state index is 13.5. The number of rotatable bonds is 8. The highest BCUT2D eigenvalue weighted by Crippen LogP contribution is 2.35. The monoisotopic (exact) mass is 679 g/mol. The number of aromatic nitrogens is 2. The van der Waals surface area contributed by atoms with Crippen LogP contribution in [0.5, 0.6) is 5.75 Å². The highest BCUT2D eigenvalue weighted by atomic mass is 79.9. The molecule has 0 saturated carbocycles. The summed E-state index contributed by atoms with van der Waals surface area (Å²) in [6.45, 7) is 1.28. The fourth-order valence-electron chi connectivity index (χ4n) is 4.33. The van der Waals surface area contributed by atoms with Crippen molar-refractivity contribution in [2.45, 2.75) is 13.1 Å². The fourth-order valence-corrected chi connectivity index (χ4v) is 4.80. The number of aryl methyl sites for hydroxylation is 1. The van der Waals surface area contributed by atoms with Crippen molar-refractivity contribution in [1.82, 2.24) is 9.66 Å². The molecule has 4 aromatic carbocycles. The van der Waals surface area contributed by atoms with Crippen molar-refractivity contribution >= 4 is 50.3 Å². The zero-order chi connectivity index (χ0) is 32.3. The second kappa shape index (κ2) is 12.7. The molecule has 0 fully saturated rings. The van der Waals surface area contributed by atoms with Gasteiger partial charge in [-0.3, -0.25) is 19.7 Å². The lowest BCUT2D eigenvalue weighted by Crippen LogP contribution is -2.21. The Balaban J connectivity index is 1.58. The Morgan fingerprint density at radius 3 is 2.53 bits per heavy atom. The van der Waals surface area contributed by atoms with Gasteiger partial charge in [0.05, 0.1) is 27.6 Å². The van der Waals surface area contributed by atoms with Gasteiger partial charge in [0, 0.05) is 27.4 Å². The number of nitrogens with zero attached hydrogens (tertiary/aromatic N) is 4. The zero-order valence-electron chi connectivity index (χ0n) is 23.2. The van der Waals surface area contributed by atoms with Crippen molar-refractivity contribution in [3.63, 3.8) is 0 Å². The number of para-hydroxylation sites is 1. The van der Waals surface area contributed by atoms with Gasteiger partial charge in [0.1, 0.15) is 0 Å². The molecule has 0 spiro atoms. The summed E-state index contributed by atoms with van der Waals surface area (Å²) in [7, 11) is 0. The number of nitro groups is 1. The van der Waals surface area contributed by atoms with E-state index < -0.39 is 40.4 Å². The maximum Gasteiger partial charge on any atom is 0.416 e. The van der Waals surface area contributed by atoms with Crippen molar-refractivity contribution in [1.29, 1.82) is 0 Å². The van der Waals surface area contributed by atoms with Crippen LogP contribution in [0.1, 0.15) is 16.7 Å². The first-order chi connectivity index (χ1) is 21.4. The van der Waals surface area contributed by atoms with E-state index in [1.165, 1.54) is 36.4 Å². The minimum absolute atomic E-state index is 0.00531. The van der Waals surface area contributed by atoms with E-state index in [-0.39, 0.29) is 38.1 Å². The Morgan fingerprint density at radius 2 is 1.82 bits per heavy atom. The molecule has 5 rings (SSSR count). The molecule has 0 aliphatic heterocycles. The summed E-state index contributed by atoms with van der Waals surface area (Å²) in [5, 5.41) is 18.9. The normalized spacial score (nSPS) is 11.6. The molecular weight excluding hydrogens is 659 g/mol. The van der Waals surface area contributed by atoms with Gasteiger partial charge in [-0.05, 0) is 49.4 Å². The number of halogens is 4. The standard InChI is InChI=1S/C31H21BrF3N5O5/c1-18-9-11-23(12-10-18)37-27(41)17-45-28-20(14-22(32)15-26(28)40(43)44)16-36-39-29(19-5-4-6-21(13-19)31(33,34)35)38-25-8-3-2-7-24(25)30(39)42/h2-16H,17H2,1H3,(H,37,41). The fraction of sp³-hybridized carbons (Fsp3) is 0.0968. The van der Waals surface area contributed by atoms with E-state index in [0.29, 0.717) is 5.69 Å². The Hall–Kier alpha value is -5.37. The zero-order valence-corrected chi connectivity index (χ0v) is 24.8. The van der Waals surface area contributed by atoms with E-state index in [9.17, 15) is 32.9 Å². The maximum absolute atomic E-state index is 13.5. The number of fused-ring (bicyclic) bond motifs is 1. The second-order valence-electron chi connectivity index (χ2n) is 9.70. The van der Waals surface area contributed by atoms with Gasteiger partial charge in [0.25, 0.3) is 11.5 Å². The minimum atomic E-state index is -4.66. The SMILES string of the molecule is Cc1ccc(NC(=O)COc2c(C=Nn3c(-c4cccc(C(F)(F)F)c4)nc4ccccc4c3=O)cc(Br)cc2[N+](=O)[O-])cc1. The molecule has 1 N–H and O–H groups in total. The van der Waals surface area contributed by atoms with Crippen molar-refractivity contribution in [2.75, 3.05) is 11.9 Å². The van der Waals surface area contributed by atoms with Gasteiger partial charge in [-0.1, -0.05) is 57.9 Å². The van der Waals surface area contributed by atoms with Crippen LogP contribution in [0, 0.1) is 17.0 Å². The minimum Gasteiger partial charge on any atom is -0.476 e. The largest absolute Gasteiger partial charge is 0.476 e. The van der Waals surface area contributed by atoms with Crippen LogP contribution >= 0.6 is 15.9 Å². The molecule has 0 atom stereocenters. The molecule has 10 nitrogen and oxygen atoms in total. The number of hydrogen-bond acceptors (Lipinski definition) is 7. The van der Waals surface area contributed by atoms with Crippen molar-refractivity contribution < 1.29 is 27.6 Å². The molecule has 5 aromatic rings. The molecule has 0 aliphatic carbocycles. The molecule has 45 heavy (non-hydrogen) atoms. The van der Waals surface area contributed by atoms with Crippen LogP contribution < -0.4 is 15.6 Å². The Bertz CT molecular complexity index is 2030. The first-order valence-corrected chi connectivity index (χ1v) is 13.9. The molecule has 0 unspecified atom stereocenters. The lowest BCUT2D eigenvalue weighted by molar-refractivity contribution is -0.385. The average Bonchev–Trinajstić information content (AvgIpc) is 3.00. The number of benzene rings is 4. The number of ether oxygens (including phenoxy) is 1. The van der Waals surface area contributed by atoms with Gasteiger partial charge < -0.3 is 10.1 Å². The molecule has 1 heterocycles. The number of anilines is 1. The van der Waals surface area contributed by atoms with E-state index >= 15 is 0 Å². The Kier molecular flexibility index (Phi) is 8.77. The van der Waals surface area contributed by atoms with Crippen molar-refractivity contribution in [2.24, 2.45) is 5.10 Å². The predicted octanol–water partition coefficient (Wildman–Crippen LogP) is 6.96. The summed E-state index contributed by atoms with van der Waals surface area (Å²) >= 11 is 3.21. The summed E-state index contributed by atoms with van der Waals surface area (Å²) in [6.07, 6.45) is -3.59. The summed E-state index contributed by atoms with van der Waals surface area (Å²) < 4.78 is 47.2. The van der Waals surface area contributed by atoms with Gasteiger partial charge in [0.2, 0.25) is 5.75 Å². The summed E-state index contributed by atoms with van der Waals surface area (Å²) in [5.41, 5.74) is -0.515. The Morgan fingerprint density at radius 1 is 1.09 bits per heavy atom. The van der Waals surface area contributed by atoms with Gasteiger partial charge >= 0.3 is 11.9 Å². The lowest BCUT2D eigenvalue weighted by atomic mass is 10.1. The number of alkyl halides is 3. The molecule has 14 heteroatoms. The van der Waals surface area contributed by atoms with Gasteiger partial charge in [-0.25, -0.2) is 4.98 Å².